The fourth-order valence-corrected chi connectivity index (χ4v) is 2.79. The molecule has 0 unspecified atom stereocenters. The Balaban J connectivity index is 2.40. The van der Waals surface area contributed by atoms with Gasteiger partial charge in [0.25, 0.3) is 5.91 Å². The quantitative estimate of drug-likeness (QED) is 0.720. The van der Waals surface area contributed by atoms with Gasteiger partial charge in [-0.2, -0.15) is 13.2 Å². The first-order valence-corrected chi connectivity index (χ1v) is 8.50. The number of benzene rings is 1. The minimum atomic E-state index is -4.58. The predicted octanol–water partition coefficient (Wildman–Crippen LogP) is 1.73. The van der Waals surface area contributed by atoms with Gasteiger partial charge in [0, 0.05) is 5.02 Å². The molecule has 0 aliphatic rings. The zero-order valence-electron chi connectivity index (χ0n) is 12.1. The number of rotatable bonds is 7. The summed E-state index contributed by atoms with van der Waals surface area (Å²) in [6, 6.07) is 5.29. The molecule has 1 aromatic carbocycles. The SMILES string of the molecule is O=C(COC(=O)CCS(=O)(=O)c1ccc(Cl)cc1)NCC(F)(F)F. The summed E-state index contributed by atoms with van der Waals surface area (Å²) in [5.74, 6) is -2.73. The van der Waals surface area contributed by atoms with Crippen LogP contribution >= 0.6 is 11.6 Å². The second-order valence-corrected chi connectivity index (χ2v) is 7.12. The van der Waals surface area contributed by atoms with Gasteiger partial charge in [-0.05, 0) is 24.3 Å². The molecule has 0 aromatic heterocycles. The standard InChI is InChI=1S/C13H13ClF3NO5S/c14-9-1-3-10(4-2-9)24(21,22)6-5-12(20)23-7-11(19)18-8-13(15,16)17/h1-4H,5-8H2,(H,18,19). The maximum absolute atomic E-state index is 11.9. The van der Waals surface area contributed by atoms with E-state index in [0.717, 1.165) is 0 Å². The lowest BCUT2D eigenvalue weighted by molar-refractivity contribution is -0.151. The normalized spacial score (nSPS) is 11.8. The number of hydrogen-bond donors (Lipinski definition) is 1. The highest BCUT2D eigenvalue weighted by Gasteiger charge is 2.27. The van der Waals surface area contributed by atoms with E-state index in [4.69, 9.17) is 11.6 Å². The van der Waals surface area contributed by atoms with Crippen LogP contribution in [0.5, 0.6) is 0 Å². The van der Waals surface area contributed by atoms with Crippen LogP contribution in [-0.4, -0.2) is 45.4 Å². The van der Waals surface area contributed by atoms with Gasteiger partial charge in [-0.15, -0.1) is 0 Å². The van der Waals surface area contributed by atoms with Crippen molar-refractivity contribution in [3.63, 3.8) is 0 Å². The van der Waals surface area contributed by atoms with E-state index in [9.17, 15) is 31.2 Å². The fourth-order valence-electron chi connectivity index (χ4n) is 1.45. The number of esters is 1. The van der Waals surface area contributed by atoms with Crippen LogP contribution < -0.4 is 5.32 Å². The third kappa shape index (κ3) is 7.64. The molecular formula is C13H13ClF3NO5S. The van der Waals surface area contributed by atoms with E-state index in [0.29, 0.717) is 5.02 Å². The van der Waals surface area contributed by atoms with Crippen LogP contribution in [0.2, 0.25) is 5.02 Å². The molecule has 0 saturated carbocycles. The van der Waals surface area contributed by atoms with Crippen molar-refractivity contribution in [3.8, 4) is 0 Å². The van der Waals surface area contributed by atoms with Gasteiger partial charge in [0.15, 0.2) is 16.4 Å². The molecule has 1 rings (SSSR count). The van der Waals surface area contributed by atoms with Crippen molar-refractivity contribution in [2.75, 3.05) is 18.9 Å². The van der Waals surface area contributed by atoms with Gasteiger partial charge in [0.2, 0.25) is 0 Å². The van der Waals surface area contributed by atoms with Crippen molar-refractivity contribution in [1.29, 1.82) is 0 Å². The number of halogens is 4. The van der Waals surface area contributed by atoms with E-state index in [-0.39, 0.29) is 4.90 Å². The second-order valence-electron chi connectivity index (χ2n) is 4.58. The van der Waals surface area contributed by atoms with Crippen molar-refractivity contribution < 1.29 is 35.9 Å². The first-order valence-electron chi connectivity index (χ1n) is 6.47. The van der Waals surface area contributed by atoms with E-state index < -0.39 is 53.2 Å². The molecule has 0 spiro atoms. The Morgan fingerprint density at radius 1 is 1.17 bits per heavy atom. The van der Waals surface area contributed by atoms with Crippen LogP contribution in [0.1, 0.15) is 6.42 Å². The van der Waals surface area contributed by atoms with Gasteiger partial charge < -0.3 is 10.1 Å². The summed E-state index contributed by atoms with van der Waals surface area (Å²) in [4.78, 5) is 22.4. The minimum absolute atomic E-state index is 0.0392. The minimum Gasteiger partial charge on any atom is -0.456 e. The Kier molecular flexibility index (Phi) is 7.03. The largest absolute Gasteiger partial charge is 0.456 e. The van der Waals surface area contributed by atoms with Crippen LogP contribution in [-0.2, 0) is 24.2 Å². The molecule has 1 N–H and O–H groups in total. The van der Waals surface area contributed by atoms with Gasteiger partial charge >= 0.3 is 12.1 Å². The summed E-state index contributed by atoms with van der Waals surface area (Å²) in [5, 5.41) is 1.86. The molecule has 0 radical (unpaired) electrons. The van der Waals surface area contributed by atoms with Crippen LogP contribution in [0.4, 0.5) is 13.2 Å². The highest BCUT2D eigenvalue weighted by molar-refractivity contribution is 7.91. The molecule has 0 atom stereocenters. The van der Waals surface area contributed by atoms with E-state index in [1.54, 1.807) is 0 Å². The van der Waals surface area contributed by atoms with Crippen molar-refractivity contribution in [2.24, 2.45) is 0 Å². The highest BCUT2D eigenvalue weighted by atomic mass is 35.5. The Labute approximate surface area is 140 Å². The molecule has 0 bridgehead atoms. The average molecular weight is 388 g/mol. The van der Waals surface area contributed by atoms with Gasteiger partial charge in [0.1, 0.15) is 6.54 Å². The van der Waals surface area contributed by atoms with Crippen molar-refractivity contribution in [1.82, 2.24) is 5.32 Å². The molecule has 1 amide bonds. The lowest BCUT2D eigenvalue weighted by Crippen LogP contribution is -2.36. The van der Waals surface area contributed by atoms with E-state index in [2.05, 4.69) is 4.74 Å². The van der Waals surface area contributed by atoms with Crippen molar-refractivity contribution in [2.45, 2.75) is 17.5 Å². The zero-order valence-corrected chi connectivity index (χ0v) is 13.7. The summed E-state index contributed by atoms with van der Waals surface area (Å²) < 4.78 is 63.9. The van der Waals surface area contributed by atoms with E-state index in [1.807, 2.05) is 0 Å². The molecular weight excluding hydrogens is 375 g/mol. The molecule has 11 heteroatoms. The van der Waals surface area contributed by atoms with Gasteiger partial charge in [-0.25, -0.2) is 8.42 Å². The number of carbonyl (C=O) groups is 2. The number of nitrogens with one attached hydrogen (secondary N) is 1. The maximum Gasteiger partial charge on any atom is 0.405 e. The lowest BCUT2D eigenvalue weighted by Gasteiger charge is -2.09. The van der Waals surface area contributed by atoms with Crippen LogP contribution in [0.3, 0.4) is 0 Å². The average Bonchev–Trinajstić information content (AvgIpc) is 2.48. The Hall–Kier alpha value is -1.81. The number of hydrogen-bond acceptors (Lipinski definition) is 5. The Morgan fingerprint density at radius 3 is 2.29 bits per heavy atom. The van der Waals surface area contributed by atoms with Gasteiger partial charge in [-0.1, -0.05) is 11.6 Å². The number of amides is 1. The summed E-state index contributed by atoms with van der Waals surface area (Å²) in [7, 11) is -3.75. The van der Waals surface area contributed by atoms with Crippen LogP contribution in [0.25, 0.3) is 0 Å². The summed E-state index contributed by atoms with van der Waals surface area (Å²) in [6.45, 7) is -2.47. The molecule has 6 nitrogen and oxygen atoms in total. The molecule has 0 heterocycles. The number of ether oxygens (including phenoxy) is 1. The van der Waals surface area contributed by atoms with E-state index in [1.165, 1.54) is 29.6 Å². The lowest BCUT2D eigenvalue weighted by atomic mass is 10.4. The van der Waals surface area contributed by atoms with Gasteiger partial charge in [-0.3, -0.25) is 9.59 Å². The second kappa shape index (κ2) is 8.34. The third-order valence-electron chi connectivity index (χ3n) is 2.60. The van der Waals surface area contributed by atoms with Gasteiger partial charge in [0.05, 0.1) is 17.1 Å². The van der Waals surface area contributed by atoms with Crippen molar-refractivity contribution >= 4 is 33.3 Å². The highest BCUT2D eigenvalue weighted by Crippen LogP contribution is 2.16. The molecule has 24 heavy (non-hydrogen) atoms. The van der Waals surface area contributed by atoms with Crippen molar-refractivity contribution in [3.05, 3.63) is 29.3 Å². The van der Waals surface area contributed by atoms with Crippen LogP contribution in [0.15, 0.2) is 29.2 Å². The topological polar surface area (TPSA) is 89.5 Å². The molecule has 0 aliphatic heterocycles. The Bertz CT molecular complexity index is 689. The number of carbonyl (C=O) groups excluding carboxylic acids is 2. The number of sulfone groups is 1. The molecule has 0 fully saturated rings. The number of alkyl halides is 3. The molecule has 134 valence electrons. The summed E-state index contributed by atoms with van der Waals surface area (Å²) >= 11 is 5.64. The maximum atomic E-state index is 11.9. The molecule has 0 saturated heterocycles. The monoisotopic (exact) mass is 387 g/mol. The fraction of sp³-hybridized carbons (Fsp3) is 0.385. The third-order valence-corrected chi connectivity index (χ3v) is 4.58. The first-order chi connectivity index (χ1) is 11.0. The van der Waals surface area contributed by atoms with E-state index >= 15 is 0 Å². The molecule has 0 aliphatic carbocycles. The smallest absolute Gasteiger partial charge is 0.405 e. The summed E-state index contributed by atoms with van der Waals surface area (Å²) in [6.07, 6.45) is -5.12. The zero-order chi connectivity index (χ0) is 18.4. The molecule has 1 aromatic rings. The van der Waals surface area contributed by atoms with Crippen LogP contribution in [0, 0.1) is 0 Å². The summed E-state index contributed by atoms with van der Waals surface area (Å²) in [5.41, 5.74) is 0. The Morgan fingerprint density at radius 2 is 1.75 bits per heavy atom. The predicted molar refractivity (Wildman–Crippen MR) is 78.1 cm³/mol. The first kappa shape index (κ1) is 20.2.